The third kappa shape index (κ3) is 0.575. The Kier molecular flexibility index (Phi) is 0.754. The lowest BCUT2D eigenvalue weighted by Gasteiger charge is -1.86. The Bertz CT molecular complexity index is 205. The average molecular weight is 126 g/mol. The van der Waals surface area contributed by atoms with Crippen LogP contribution in [-0.4, -0.2) is 11.7 Å². The second kappa shape index (κ2) is 1.43. The average Bonchev–Trinajstić information content (AvgIpc) is 2.22. The molecular weight excluding hydrogens is 120 g/mol. The highest BCUT2D eigenvalue weighted by atomic mass is 16.5. The number of furan rings is 1. The minimum Gasteiger partial charge on any atom is -0.489 e. The van der Waals surface area contributed by atoms with Crippen molar-refractivity contribution in [1.29, 1.82) is 0 Å². The highest BCUT2D eigenvalue weighted by Gasteiger charge is 2.17. The minimum absolute atomic E-state index is 0.0558. The quantitative estimate of drug-likeness (QED) is 0.562. The third-order valence-corrected chi connectivity index (χ3v) is 1.34. The van der Waals surface area contributed by atoms with E-state index in [0.29, 0.717) is 12.4 Å². The van der Waals surface area contributed by atoms with Crippen molar-refractivity contribution in [2.75, 3.05) is 6.61 Å². The van der Waals surface area contributed by atoms with Crippen LogP contribution in [0.15, 0.2) is 10.5 Å². The Morgan fingerprint density at radius 2 is 2.44 bits per heavy atom. The van der Waals surface area contributed by atoms with Crippen molar-refractivity contribution in [3.8, 4) is 11.7 Å². The molecule has 1 aliphatic heterocycles. The van der Waals surface area contributed by atoms with Crippen LogP contribution < -0.4 is 4.74 Å². The van der Waals surface area contributed by atoms with Gasteiger partial charge in [0.25, 0.3) is 5.95 Å². The summed E-state index contributed by atoms with van der Waals surface area (Å²) >= 11 is 0. The molecule has 2 rings (SSSR count). The predicted octanol–water partition coefficient (Wildman–Crippen LogP) is 0.920. The molecular formula is C6H6O3. The highest BCUT2D eigenvalue weighted by Crippen LogP contribution is 2.31. The van der Waals surface area contributed by atoms with E-state index in [1.54, 1.807) is 0 Å². The van der Waals surface area contributed by atoms with E-state index < -0.39 is 0 Å². The normalized spacial score (nSPS) is 15.1. The molecule has 1 aromatic rings. The second-order valence-electron chi connectivity index (χ2n) is 1.97. The first-order chi connectivity index (χ1) is 4.36. The molecule has 1 aliphatic rings. The molecule has 3 nitrogen and oxygen atoms in total. The van der Waals surface area contributed by atoms with Crippen LogP contribution in [0.2, 0.25) is 0 Å². The van der Waals surface area contributed by atoms with Gasteiger partial charge in [0, 0.05) is 6.42 Å². The van der Waals surface area contributed by atoms with Gasteiger partial charge < -0.3 is 14.3 Å². The molecule has 1 N–H and O–H groups in total. The Morgan fingerprint density at radius 1 is 1.56 bits per heavy atom. The zero-order valence-electron chi connectivity index (χ0n) is 4.76. The van der Waals surface area contributed by atoms with Crippen LogP contribution in [0.5, 0.6) is 11.7 Å². The van der Waals surface area contributed by atoms with Crippen LogP contribution in [0.4, 0.5) is 0 Å². The highest BCUT2D eigenvalue weighted by molar-refractivity contribution is 5.33. The minimum atomic E-state index is -0.0558. The van der Waals surface area contributed by atoms with Crippen molar-refractivity contribution in [2.45, 2.75) is 6.42 Å². The lowest BCUT2D eigenvalue weighted by molar-refractivity contribution is 0.314. The van der Waals surface area contributed by atoms with Gasteiger partial charge in [-0.05, 0) is 0 Å². The van der Waals surface area contributed by atoms with Gasteiger partial charge in [-0.2, -0.15) is 0 Å². The first-order valence-corrected chi connectivity index (χ1v) is 2.81. The zero-order chi connectivity index (χ0) is 6.27. The van der Waals surface area contributed by atoms with Gasteiger partial charge in [0.1, 0.15) is 0 Å². The number of hydrogen-bond donors (Lipinski definition) is 1. The largest absolute Gasteiger partial charge is 0.489 e. The van der Waals surface area contributed by atoms with Crippen molar-refractivity contribution in [3.63, 3.8) is 0 Å². The number of hydrogen-bond acceptors (Lipinski definition) is 3. The maximum atomic E-state index is 8.75. The van der Waals surface area contributed by atoms with Crippen molar-refractivity contribution in [1.82, 2.24) is 0 Å². The molecule has 0 radical (unpaired) electrons. The molecule has 0 saturated heterocycles. The summed E-state index contributed by atoms with van der Waals surface area (Å²) in [6, 6.07) is 1.49. The van der Waals surface area contributed by atoms with Crippen LogP contribution in [-0.2, 0) is 6.42 Å². The second-order valence-corrected chi connectivity index (χ2v) is 1.97. The summed E-state index contributed by atoms with van der Waals surface area (Å²) in [5.74, 6) is 1.39. The fraction of sp³-hybridized carbons (Fsp3) is 0.333. The van der Waals surface area contributed by atoms with E-state index in [-0.39, 0.29) is 5.95 Å². The van der Waals surface area contributed by atoms with Gasteiger partial charge in [0.05, 0.1) is 12.7 Å². The third-order valence-electron chi connectivity index (χ3n) is 1.34. The molecule has 0 amide bonds. The van der Waals surface area contributed by atoms with E-state index in [9.17, 15) is 0 Å². The van der Waals surface area contributed by atoms with Crippen molar-refractivity contribution >= 4 is 0 Å². The maximum absolute atomic E-state index is 8.75. The van der Waals surface area contributed by atoms with Crippen LogP contribution in [0.3, 0.4) is 0 Å². The van der Waals surface area contributed by atoms with Crippen LogP contribution >= 0.6 is 0 Å². The number of aromatic hydroxyl groups is 1. The van der Waals surface area contributed by atoms with Gasteiger partial charge in [-0.15, -0.1) is 0 Å². The van der Waals surface area contributed by atoms with E-state index in [2.05, 4.69) is 0 Å². The van der Waals surface area contributed by atoms with Gasteiger partial charge in [-0.1, -0.05) is 0 Å². The summed E-state index contributed by atoms with van der Waals surface area (Å²) in [7, 11) is 0. The molecule has 3 heteroatoms. The Balaban J connectivity index is 2.51. The molecule has 0 fully saturated rings. The molecule has 0 aromatic carbocycles. The Labute approximate surface area is 51.9 Å². The first-order valence-electron chi connectivity index (χ1n) is 2.81. The van der Waals surface area contributed by atoms with E-state index in [1.165, 1.54) is 6.07 Å². The van der Waals surface area contributed by atoms with Gasteiger partial charge in [0.2, 0.25) is 0 Å². The molecule has 0 unspecified atom stereocenters. The fourth-order valence-corrected chi connectivity index (χ4v) is 0.949. The molecule has 0 bridgehead atoms. The predicted molar refractivity (Wildman–Crippen MR) is 29.6 cm³/mol. The molecule has 48 valence electrons. The monoisotopic (exact) mass is 126 g/mol. The summed E-state index contributed by atoms with van der Waals surface area (Å²) in [6.45, 7) is 0.675. The van der Waals surface area contributed by atoms with Crippen LogP contribution in [0.25, 0.3) is 0 Å². The van der Waals surface area contributed by atoms with Crippen molar-refractivity contribution in [2.24, 2.45) is 0 Å². The lowest BCUT2D eigenvalue weighted by Crippen LogP contribution is -1.86. The fourth-order valence-electron chi connectivity index (χ4n) is 0.949. The Hall–Kier alpha value is -1.12. The maximum Gasteiger partial charge on any atom is 0.285 e. The van der Waals surface area contributed by atoms with E-state index in [1.807, 2.05) is 0 Å². The zero-order valence-corrected chi connectivity index (χ0v) is 4.76. The molecule has 0 atom stereocenters. The summed E-state index contributed by atoms with van der Waals surface area (Å²) in [5, 5.41) is 8.75. The van der Waals surface area contributed by atoms with Gasteiger partial charge in [0.15, 0.2) is 11.5 Å². The van der Waals surface area contributed by atoms with Gasteiger partial charge in [-0.25, -0.2) is 0 Å². The van der Waals surface area contributed by atoms with Crippen LogP contribution in [0, 0.1) is 0 Å². The summed E-state index contributed by atoms with van der Waals surface area (Å²) in [6.07, 6.45) is 0.774. The van der Waals surface area contributed by atoms with Gasteiger partial charge in [-0.3, -0.25) is 0 Å². The lowest BCUT2D eigenvalue weighted by atomic mass is 10.4. The van der Waals surface area contributed by atoms with Crippen LogP contribution in [0.1, 0.15) is 5.76 Å². The van der Waals surface area contributed by atoms with E-state index in [0.717, 1.165) is 12.2 Å². The summed E-state index contributed by atoms with van der Waals surface area (Å²) in [4.78, 5) is 0. The van der Waals surface area contributed by atoms with E-state index >= 15 is 0 Å². The molecule has 0 saturated carbocycles. The number of rotatable bonds is 0. The summed E-state index contributed by atoms with van der Waals surface area (Å²) < 4.78 is 9.92. The topological polar surface area (TPSA) is 42.6 Å². The molecule has 9 heavy (non-hydrogen) atoms. The van der Waals surface area contributed by atoms with E-state index in [4.69, 9.17) is 14.3 Å². The SMILES string of the molecule is Oc1cc2c(o1)CCO2. The van der Waals surface area contributed by atoms with Gasteiger partial charge >= 0.3 is 0 Å². The summed E-state index contributed by atoms with van der Waals surface area (Å²) in [5.41, 5.74) is 0. The standard InChI is InChI=1S/C6H6O3/c7-6-3-5-4(9-6)1-2-8-5/h3,7H,1-2H2. The Morgan fingerprint density at radius 3 is 3.22 bits per heavy atom. The van der Waals surface area contributed by atoms with Crippen molar-refractivity contribution < 1.29 is 14.3 Å². The van der Waals surface area contributed by atoms with Crippen molar-refractivity contribution in [3.05, 3.63) is 11.8 Å². The molecule has 0 spiro atoms. The molecule has 1 aromatic heterocycles. The number of ether oxygens (including phenoxy) is 1. The molecule has 0 aliphatic carbocycles. The number of fused-ring (bicyclic) bond motifs is 1. The first kappa shape index (κ1) is 4.73. The smallest absolute Gasteiger partial charge is 0.285 e. The molecule has 2 heterocycles.